The van der Waals surface area contributed by atoms with Crippen molar-refractivity contribution in [3.05, 3.63) is 52.5 Å². The van der Waals surface area contributed by atoms with Gasteiger partial charge in [0.05, 0.1) is 48.2 Å². The Morgan fingerprint density at radius 1 is 1.04 bits per heavy atom. The first kappa shape index (κ1) is 43.3. The van der Waals surface area contributed by atoms with Crippen molar-refractivity contribution in [2.45, 2.75) is 134 Å². The molecule has 0 bridgehead atoms. The minimum absolute atomic E-state index is 0.0117. The van der Waals surface area contributed by atoms with Gasteiger partial charge in [-0.2, -0.15) is 0 Å². The average molecular weight is 769 g/mol. The molecule has 2 heterocycles. The van der Waals surface area contributed by atoms with Crippen LogP contribution in [0.5, 0.6) is 0 Å². The van der Waals surface area contributed by atoms with Crippen LogP contribution in [0.4, 0.5) is 0 Å². The Hall–Kier alpha value is -3.39. The van der Waals surface area contributed by atoms with Crippen LogP contribution in [0.1, 0.15) is 103 Å². The monoisotopic (exact) mass is 768 g/mol. The molecule has 1 aromatic carbocycles. The summed E-state index contributed by atoms with van der Waals surface area (Å²) < 4.78 is 12.1. The number of nitrogens with two attached hydrogens (primary N) is 1. The molecule has 54 heavy (non-hydrogen) atoms. The molecule has 1 unspecified atom stereocenters. The molecule has 1 saturated heterocycles. The fourth-order valence-electron chi connectivity index (χ4n) is 8.32. The topological polar surface area (TPSA) is 156 Å². The molecule has 4 amide bonds. The Morgan fingerprint density at radius 2 is 1.72 bits per heavy atom. The lowest BCUT2D eigenvalue weighted by molar-refractivity contribution is -0.148. The number of nitrogens with zero attached hydrogens (tertiary/aromatic N) is 3. The van der Waals surface area contributed by atoms with Crippen LogP contribution in [-0.4, -0.2) is 102 Å². The summed E-state index contributed by atoms with van der Waals surface area (Å²) in [6.45, 7) is 10.3. The van der Waals surface area contributed by atoms with Crippen molar-refractivity contribution in [1.82, 2.24) is 25.4 Å². The number of carbonyl (C=O) groups is 4. The van der Waals surface area contributed by atoms with Gasteiger partial charge in [0.1, 0.15) is 11.0 Å². The summed E-state index contributed by atoms with van der Waals surface area (Å²) in [5.41, 5.74) is 6.59. The van der Waals surface area contributed by atoms with Gasteiger partial charge >= 0.3 is 0 Å². The van der Waals surface area contributed by atoms with Crippen LogP contribution in [0.15, 0.2) is 41.9 Å². The highest BCUT2D eigenvalue weighted by molar-refractivity contribution is 7.09. The highest BCUT2D eigenvalue weighted by Gasteiger charge is 2.44. The highest BCUT2D eigenvalue weighted by atomic mass is 32.1. The van der Waals surface area contributed by atoms with Crippen molar-refractivity contribution in [3.8, 4) is 0 Å². The molecular formula is C41H64N6O6S. The third kappa shape index (κ3) is 10.5. The predicted octanol–water partition coefficient (Wildman–Crippen LogP) is 4.88. The molecule has 1 saturated carbocycles. The van der Waals surface area contributed by atoms with Crippen molar-refractivity contribution in [2.24, 2.45) is 23.5 Å². The Bertz CT molecular complexity index is 1500. The number of benzene rings is 1. The number of methoxy groups -OCH3 is 2. The lowest BCUT2D eigenvalue weighted by atomic mass is 9.89. The van der Waals surface area contributed by atoms with Crippen molar-refractivity contribution in [2.75, 3.05) is 27.8 Å². The van der Waals surface area contributed by atoms with Crippen LogP contribution in [0, 0.1) is 17.8 Å². The standard InChI is InChI=1S/C41H64N6O6S/c1-9-27(4)35(46(6)39(50)34(26(2)3)45-40(51)41(42)19-13-14-20-41)32(52-7)25-33(48)47-22-15-18-31(47)36(53-8)28(5)37(49)44-30(38-43-21-23-54-38)24-29-16-11-10-12-17-29/h10-12,16-17,21,23,26-28,30-32,34-36H,9,13-15,18-20,22,24-25,42H2,1-8H3,(H,44,49)(H,45,51)/t27-,28+,30-,31?,32+,34-,35-,36+/m0/s1. The first-order valence-corrected chi connectivity index (χ1v) is 20.6. The van der Waals surface area contributed by atoms with E-state index in [4.69, 9.17) is 15.2 Å². The number of likely N-dealkylation sites (N-methyl/N-ethyl adjacent to an activating group) is 1. The third-order valence-corrected chi connectivity index (χ3v) is 12.7. The number of hydrogen-bond acceptors (Lipinski definition) is 9. The first-order chi connectivity index (χ1) is 25.8. The van der Waals surface area contributed by atoms with E-state index in [2.05, 4.69) is 29.5 Å². The fraction of sp³-hybridized carbons (Fsp3) is 0.683. The van der Waals surface area contributed by atoms with E-state index in [0.717, 1.165) is 36.3 Å². The average Bonchev–Trinajstić information content (AvgIpc) is 3.97. The van der Waals surface area contributed by atoms with Gasteiger partial charge in [0.15, 0.2) is 0 Å². The maximum Gasteiger partial charge on any atom is 0.245 e. The van der Waals surface area contributed by atoms with Gasteiger partial charge in [-0.25, -0.2) is 4.98 Å². The van der Waals surface area contributed by atoms with Crippen LogP contribution in [0.3, 0.4) is 0 Å². The lowest BCUT2D eigenvalue weighted by Crippen LogP contribution is -2.61. The molecule has 12 nitrogen and oxygen atoms in total. The second-order valence-electron chi connectivity index (χ2n) is 15.8. The summed E-state index contributed by atoms with van der Waals surface area (Å²) in [5, 5.41) is 8.95. The van der Waals surface area contributed by atoms with Crippen molar-refractivity contribution in [1.29, 1.82) is 0 Å². The minimum Gasteiger partial charge on any atom is -0.379 e. The molecule has 13 heteroatoms. The predicted molar refractivity (Wildman–Crippen MR) is 211 cm³/mol. The molecular weight excluding hydrogens is 705 g/mol. The van der Waals surface area contributed by atoms with Crippen LogP contribution < -0.4 is 16.4 Å². The normalized spacial score (nSPS) is 20.8. The Labute approximate surface area is 326 Å². The van der Waals surface area contributed by atoms with E-state index in [-0.39, 0.29) is 54.0 Å². The zero-order valence-corrected chi connectivity index (χ0v) is 34.4. The minimum atomic E-state index is -0.959. The molecule has 1 aliphatic carbocycles. The van der Waals surface area contributed by atoms with Gasteiger partial charge < -0.3 is 35.6 Å². The van der Waals surface area contributed by atoms with Gasteiger partial charge in [-0.3, -0.25) is 19.2 Å². The number of hydrogen-bond donors (Lipinski definition) is 3. The first-order valence-electron chi connectivity index (χ1n) is 19.7. The fourth-order valence-corrected chi connectivity index (χ4v) is 9.01. The van der Waals surface area contributed by atoms with Crippen molar-refractivity contribution < 1.29 is 28.7 Å². The number of amides is 4. The smallest absolute Gasteiger partial charge is 0.245 e. The molecule has 2 aliphatic rings. The van der Waals surface area contributed by atoms with Crippen LogP contribution in [0.25, 0.3) is 0 Å². The number of thiazole rings is 1. The van der Waals surface area contributed by atoms with Crippen LogP contribution in [0.2, 0.25) is 0 Å². The molecule has 2 aromatic rings. The summed E-state index contributed by atoms with van der Waals surface area (Å²) in [4.78, 5) is 63.7. The van der Waals surface area contributed by atoms with E-state index in [1.54, 1.807) is 32.4 Å². The molecule has 4 rings (SSSR count). The van der Waals surface area contributed by atoms with Crippen molar-refractivity contribution >= 4 is 35.0 Å². The molecule has 2 fully saturated rings. The SMILES string of the molecule is CC[C@H](C)[C@@H]([C@@H](CC(=O)N1CCCC1[C@H](OC)[C@@H](C)C(=O)N[C@@H](Cc1ccccc1)c1nccs1)OC)N(C)C(=O)[C@@H](NC(=O)C1(N)CCCC1)C(C)C. The molecule has 0 radical (unpaired) electrons. The van der Waals surface area contributed by atoms with Crippen LogP contribution in [-0.2, 0) is 35.1 Å². The van der Waals surface area contributed by atoms with E-state index in [1.165, 1.54) is 11.3 Å². The zero-order chi connectivity index (χ0) is 39.6. The molecule has 4 N–H and O–H groups in total. The quantitative estimate of drug-likeness (QED) is 0.183. The van der Waals surface area contributed by atoms with Crippen molar-refractivity contribution in [3.63, 3.8) is 0 Å². The third-order valence-electron chi connectivity index (χ3n) is 11.8. The van der Waals surface area contributed by atoms with Gasteiger partial charge in [0, 0.05) is 39.4 Å². The Morgan fingerprint density at radius 3 is 2.30 bits per heavy atom. The van der Waals surface area contributed by atoms with E-state index in [9.17, 15) is 19.2 Å². The van der Waals surface area contributed by atoms with Crippen LogP contribution >= 0.6 is 11.3 Å². The zero-order valence-electron chi connectivity index (χ0n) is 33.6. The largest absolute Gasteiger partial charge is 0.379 e. The van der Waals surface area contributed by atoms with E-state index in [0.29, 0.717) is 32.2 Å². The summed E-state index contributed by atoms with van der Waals surface area (Å²) in [7, 11) is 4.91. The number of aromatic nitrogens is 1. The van der Waals surface area contributed by atoms with E-state index >= 15 is 0 Å². The van der Waals surface area contributed by atoms with Gasteiger partial charge in [0.2, 0.25) is 23.6 Å². The maximum absolute atomic E-state index is 14.3. The summed E-state index contributed by atoms with van der Waals surface area (Å²) in [5.74, 6) is -1.54. The molecule has 1 aromatic heterocycles. The number of carbonyl (C=O) groups excluding carboxylic acids is 4. The second kappa shape index (κ2) is 20.0. The van der Waals surface area contributed by atoms with E-state index < -0.39 is 35.7 Å². The Kier molecular flexibility index (Phi) is 16.0. The van der Waals surface area contributed by atoms with Gasteiger partial charge in [-0.15, -0.1) is 11.3 Å². The molecule has 0 spiro atoms. The molecule has 8 atom stereocenters. The molecule has 1 aliphatic heterocycles. The number of rotatable bonds is 19. The molecule has 300 valence electrons. The lowest BCUT2D eigenvalue weighted by Gasteiger charge is -2.41. The maximum atomic E-state index is 14.3. The summed E-state index contributed by atoms with van der Waals surface area (Å²) in [6, 6.07) is 8.18. The summed E-state index contributed by atoms with van der Waals surface area (Å²) >= 11 is 1.51. The van der Waals surface area contributed by atoms with Gasteiger partial charge in [-0.05, 0) is 49.5 Å². The highest BCUT2D eigenvalue weighted by Crippen LogP contribution is 2.31. The second-order valence-corrected chi connectivity index (χ2v) is 16.7. The van der Waals surface area contributed by atoms with E-state index in [1.807, 2.05) is 61.4 Å². The Balaban J connectivity index is 1.47. The number of ether oxygens (including phenoxy) is 2. The number of nitrogens with one attached hydrogen (secondary N) is 2. The van der Waals surface area contributed by atoms with Gasteiger partial charge in [-0.1, -0.05) is 84.2 Å². The number of likely N-dealkylation sites (tertiary alicyclic amines) is 1. The van der Waals surface area contributed by atoms with Gasteiger partial charge in [0.25, 0.3) is 0 Å². The summed E-state index contributed by atoms with van der Waals surface area (Å²) in [6.07, 6.45) is 6.45.